The first kappa shape index (κ1) is 36.8. The van der Waals surface area contributed by atoms with Crippen LogP contribution < -0.4 is 34.0 Å². The van der Waals surface area contributed by atoms with Crippen molar-refractivity contribution in [3.63, 3.8) is 0 Å². The zero-order valence-corrected chi connectivity index (χ0v) is 25.2. The lowest BCUT2D eigenvalue weighted by atomic mass is 9.69. The van der Waals surface area contributed by atoms with Crippen LogP contribution in [0.5, 0.6) is 0 Å². The van der Waals surface area contributed by atoms with Gasteiger partial charge in [-0.1, -0.05) is 0 Å². The minimum Gasteiger partial charge on any atom is -0.395 e. The highest BCUT2D eigenvalue weighted by molar-refractivity contribution is 5.88. The first-order valence-corrected chi connectivity index (χ1v) is 15.5. The lowest BCUT2D eigenvalue weighted by molar-refractivity contribution is -0.320. The zero-order chi connectivity index (χ0) is 33.2. The molecule has 2 aliphatic heterocycles. The van der Waals surface area contributed by atoms with Crippen molar-refractivity contribution < 1.29 is 59.5 Å². The van der Waals surface area contributed by atoms with E-state index in [1.165, 1.54) is 0 Å². The molecule has 4 rings (SSSR count). The molecular formula is C27H52N6O12. The van der Waals surface area contributed by atoms with E-state index in [0.29, 0.717) is 0 Å². The van der Waals surface area contributed by atoms with E-state index in [9.17, 15) is 35.4 Å². The smallest absolute Gasteiger partial charge is 0.186 e. The summed E-state index contributed by atoms with van der Waals surface area (Å²) in [6.07, 6.45) is -12.4. The van der Waals surface area contributed by atoms with Crippen LogP contribution in [0.1, 0.15) is 32.1 Å². The Bertz CT molecular complexity index is 965. The topological polar surface area (TPSA) is 338 Å². The number of aliphatic hydroxyl groups excluding tert-OH is 6. The number of nitrogens with two attached hydrogens (primary N) is 5. The highest BCUT2D eigenvalue weighted by atomic mass is 16.7. The molecule has 0 aromatic carbocycles. The maximum absolute atomic E-state index is 13.2. The molecule has 18 heteroatoms. The number of carbonyl (C=O) groups excluding carboxylic acids is 1. The monoisotopic (exact) mass is 652 g/mol. The minimum absolute atomic E-state index is 0.0653. The van der Waals surface area contributed by atoms with Crippen molar-refractivity contribution in [2.24, 2.45) is 34.6 Å². The molecule has 4 fully saturated rings. The van der Waals surface area contributed by atoms with Crippen molar-refractivity contribution in [2.45, 2.75) is 129 Å². The summed E-state index contributed by atoms with van der Waals surface area (Å²) >= 11 is 0. The summed E-state index contributed by atoms with van der Waals surface area (Å²) in [4.78, 5) is 13.2. The van der Waals surface area contributed by atoms with Crippen LogP contribution in [0.4, 0.5) is 0 Å². The fourth-order valence-corrected chi connectivity index (χ4v) is 6.61. The predicted molar refractivity (Wildman–Crippen MR) is 155 cm³/mol. The van der Waals surface area contributed by atoms with Crippen molar-refractivity contribution in [1.29, 1.82) is 0 Å². The van der Waals surface area contributed by atoms with Gasteiger partial charge in [0.25, 0.3) is 0 Å². The third kappa shape index (κ3) is 8.35. The molecule has 2 aliphatic carbocycles. The van der Waals surface area contributed by atoms with E-state index in [1.54, 1.807) is 0 Å². The van der Waals surface area contributed by atoms with E-state index in [4.69, 9.17) is 52.7 Å². The highest BCUT2D eigenvalue weighted by Gasteiger charge is 2.53. The molecule has 1 unspecified atom stereocenters. The summed E-state index contributed by atoms with van der Waals surface area (Å²) in [7, 11) is 0. The Morgan fingerprint density at radius 1 is 0.889 bits per heavy atom. The third-order valence-corrected chi connectivity index (χ3v) is 9.41. The Morgan fingerprint density at radius 2 is 1.53 bits per heavy atom. The Morgan fingerprint density at radius 3 is 2.16 bits per heavy atom. The van der Waals surface area contributed by atoms with Crippen molar-refractivity contribution in [2.75, 3.05) is 26.3 Å². The van der Waals surface area contributed by atoms with Crippen LogP contribution in [0.25, 0.3) is 0 Å². The summed E-state index contributed by atoms with van der Waals surface area (Å²) in [5, 5.41) is 75.7. The number of hydrogen-bond acceptors (Lipinski definition) is 18. The van der Waals surface area contributed by atoms with Gasteiger partial charge in [-0.15, -0.1) is 0 Å². The average molecular weight is 653 g/mol. The maximum Gasteiger partial charge on any atom is 0.186 e. The number of hydrogen-bond donors (Lipinski definition) is 13. The molecule has 45 heavy (non-hydrogen) atoms. The summed E-state index contributed by atoms with van der Waals surface area (Å²) in [5.41, 5.74) is 28.6. The second-order valence-corrected chi connectivity index (χ2v) is 13.1. The molecule has 18 nitrogen and oxygen atoms in total. The Balaban J connectivity index is 1.50. The van der Waals surface area contributed by atoms with Gasteiger partial charge >= 0.3 is 0 Å². The van der Waals surface area contributed by atoms with E-state index < -0.39 is 109 Å². The molecule has 0 aromatic heterocycles. The number of ether oxygens (including phenoxy) is 4. The van der Waals surface area contributed by atoms with Gasteiger partial charge in [-0.3, -0.25) is 4.79 Å². The third-order valence-electron chi connectivity index (χ3n) is 9.41. The molecule has 2 heterocycles. The van der Waals surface area contributed by atoms with Gasteiger partial charge in [0.2, 0.25) is 0 Å². The van der Waals surface area contributed by atoms with Crippen molar-refractivity contribution in [3.8, 4) is 0 Å². The van der Waals surface area contributed by atoms with Crippen LogP contribution in [0.2, 0.25) is 0 Å². The van der Waals surface area contributed by atoms with Crippen molar-refractivity contribution in [1.82, 2.24) is 5.32 Å². The normalized spacial score (nSPS) is 48.0. The highest BCUT2D eigenvalue weighted by Crippen LogP contribution is 2.39. The number of ketones is 1. The molecule has 15 atom stereocenters. The number of Topliss-reactive ketones (excluding diaryl/α,β-unsaturated/α-hetero) is 1. The SMILES string of the molecule is NC(CO)CNC[C@H]1O[C@H](O[C@H]2[C@H](O)[C@@H](O[C@H]3O[C@H](CO)[C@@H](O)[C@H](N)[C@H]3O)[C@H](CC(=O)C3(O)CC(N)C3)C[C@@H]2N)[C@H](N)C[C@@H]1O. The molecular weight excluding hydrogens is 600 g/mol. The van der Waals surface area contributed by atoms with Crippen LogP contribution in [-0.4, -0.2) is 165 Å². The maximum atomic E-state index is 13.2. The number of nitrogens with one attached hydrogen (secondary N) is 1. The van der Waals surface area contributed by atoms with Gasteiger partial charge in [-0.05, 0) is 31.6 Å². The first-order valence-electron chi connectivity index (χ1n) is 15.5. The minimum atomic E-state index is -1.62. The Kier molecular flexibility index (Phi) is 12.7. The quantitative estimate of drug-likeness (QED) is 0.0878. The van der Waals surface area contributed by atoms with Gasteiger partial charge in [0.15, 0.2) is 18.4 Å². The van der Waals surface area contributed by atoms with Gasteiger partial charge in [0.05, 0.1) is 43.6 Å². The molecule has 2 saturated heterocycles. The van der Waals surface area contributed by atoms with Gasteiger partial charge in [0.1, 0.15) is 36.1 Å². The lowest BCUT2D eigenvalue weighted by Gasteiger charge is -2.49. The number of aliphatic hydroxyl groups is 7. The molecule has 0 bridgehead atoms. The summed E-state index contributed by atoms with van der Waals surface area (Å²) in [6, 6.07) is -3.76. The van der Waals surface area contributed by atoms with Gasteiger partial charge in [0, 0.05) is 37.6 Å². The van der Waals surface area contributed by atoms with Gasteiger partial charge in [-0.25, -0.2) is 0 Å². The summed E-state index contributed by atoms with van der Waals surface area (Å²) in [6.45, 7) is -0.433. The molecule has 262 valence electrons. The molecule has 0 amide bonds. The van der Waals surface area contributed by atoms with Crippen LogP contribution >= 0.6 is 0 Å². The Labute approximate surface area is 261 Å². The van der Waals surface area contributed by atoms with Crippen LogP contribution in [0, 0.1) is 5.92 Å². The summed E-state index contributed by atoms with van der Waals surface area (Å²) < 4.78 is 23.7. The van der Waals surface area contributed by atoms with Crippen LogP contribution in [-0.2, 0) is 23.7 Å². The second kappa shape index (κ2) is 15.5. The number of carbonyl (C=O) groups is 1. The molecule has 4 aliphatic rings. The lowest BCUT2D eigenvalue weighted by Crippen LogP contribution is -2.66. The van der Waals surface area contributed by atoms with E-state index in [1.807, 2.05) is 0 Å². The zero-order valence-electron chi connectivity index (χ0n) is 25.2. The fourth-order valence-electron chi connectivity index (χ4n) is 6.61. The fraction of sp³-hybridized carbons (Fsp3) is 0.963. The standard InChI is InChI=1S/C27H52N6O12/c28-11-4-27(41,5-11)18(37)2-10-1-13(30)24(22(40)23(10)44-26-21(39)19(32)20(38)17(9-35)43-26)45-25-14(31)3-15(36)16(42-25)7-33-6-12(29)8-34/h10-17,19-26,33-36,38-41H,1-9,28-32H2/t10-,11?,12?,13-,14+,15-,16+,17+,19-,20+,21+,22+,23-,24+,25+,26+,27?/m0/s1. The molecule has 0 aromatic rings. The molecule has 2 saturated carbocycles. The van der Waals surface area contributed by atoms with E-state index in [-0.39, 0.29) is 57.8 Å². The molecule has 18 N–H and O–H groups in total. The first-order chi connectivity index (χ1) is 21.2. The molecule has 0 radical (unpaired) electrons. The Hall–Kier alpha value is -1.01. The van der Waals surface area contributed by atoms with E-state index in [0.717, 1.165) is 0 Å². The van der Waals surface area contributed by atoms with Gasteiger partial charge in [-0.2, -0.15) is 0 Å². The van der Waals surface area contributed by atoms with Gasteiger partial charge < -0.3 is 88.7 Å². The second-order valence-electron chi connectivity index (χ2n) is 13.1. The number of rotatable bonds is 13. The van der Waals surface area contributed by atoms with Crippen LogP contribution in [0.3, 0.4) is 0 Å². The van der Waals surface area contributed by atoms with Crippen molar-refractivity contribution in [3.05, 3.63) is 0 Å². The summed E-state index contributed by atoms with van der Waals surface area (Å²) in [5.74, 6) is -1.29. The molecule has 0 spiro atoms. The largest absolute Gasteiger partial charge is 0.395 e. The van der Waals surface area contributed by atoms with E-state index >= 15 is 0 Å². The predicted octanol–water partition coefficient (Wildman–Crippen LogP) is -7.25. The van der Waals surface area contributed by atoms with Crippen molar-refractivity contribution >= 4 is 5.78 Å². The van der Waals surface area contributed by atoms with E-state index in [2.05, 4.69) is 5.32 Å². The average Bonchev–Trinajstić information content (AvgIpc) is 2.97. The van der Waals surface area contributed by atoms with Crippen LogP contribution in [0.15, 0.2) is 0 Å².